The molecule has 0 saturated heterocycles. The van der Waals surface area contributed by atoms with Gasteiger partial charge in [0.1, 0.15) is 5.56 Å². The molecular formula is C11H13BrN2O2. The van der Waals surface area contributed by atoms with E-state index in [1.54, 1.807) is 13.0 Å². The maximum absolute atomic E-state index is 11.7. The standard InChI is InChI=1S/C11H13BrN2O2/c1-6-9(12)4-8(11(16)14-6)10(15)13-5-7-2-3-7/h4,7H,2-3,5H2,1H3,(H,13,15)(H,14,16). The van der Waals surface area contributed by atoms with Crippen LogP contribution < -0.4 is 10.9 Å². The first-order valence-electron chi connectivity index (χ1n) is 5.25. The minimum absolute atomic E-state index is 0.165. The van der Waals surface area contributed by atoms with E-state index in [-0.39, 0.29) is 17.0 Å². The van der Waals surface area contributed by atoms with Crippen molar-refractivity contribution in [3.63, 3.8) is 0 Å². The lowest BCUT2D eigenvalue weighted by molar-refractivity contribution is 0.0950. The number of halogens is 1. The van der Waals surface area contributed by atoms with E-state index in [0.29, 0.717) is 12.5 Å². The molecule has 1 aliphatic carbocycles. The molecule has 16 heavy (non-hydrogen) atoms. The van der Waals surface area contributed by atoms with Crippen LogP contribution in [0, 0.1) is 12.8 Å². The average molecular weight is 285 g/mol. The Labute approximate surface area is 102 Å². The highest BCUT2D eigenvalue weighted by Gasteiger charge is 2.22. The van der Waals surface area contributed by atoms with Gasteiger partial charge in [0.25, 0.3) is 11.5 Å². The Morgan fingerprint density at radius 3 is 2.94 bits per heavy atom. The van der Waals surface area contributed by atoms with Gasteiger partial charge in [-0.05, 0) is 47.7 Å². The highest BCUT2D eigenvalue weighted by molar-refractivity contribution is 9.10. The van der Waals surface area contributed by atoms with E-state index >= 15 is 0 Å². The van der Waals surface area contributed by atoms with E-state index in [1.807, 2.05) is 0 Å². The normalized spacial score (nSPS) is 14.9. The molecule has 4 nitrogen and oxygen atoms in total. The molecule has 2 N–H and O–H groups in total. The molecule has 0 bridgehead atoms. The lowest BCUT2D eigenvalue weighted by Gasteiger charge is -2.05. The van der Waals surface area contributed by atoms with Crippen LogP contribution in [-0.2, 0) is 0 Å². The van der Waals surface area contributed by atoms with E-state index in [1.165, 1.54) is 12.8 Å². The van der Waals surface area contributed by atoms with E-state index in [4.69, 9.17) is 0 Å². The Morgan fingerprint density at radius 1 is 1.62 bits per heavy atom. The number of hydrogen-bond acceptors (Lipinski definition) is 2. The molecule has 0 aromatic carbocycles. The average Bonchev–Trinajstić information content (AvgIpc) is 3.03. The van der Waals surface area contributed by atoms with E-state index in [0.717, 1.165) is 10.2 Å². The van der Waals surface area contributed by atoms with Crippen LogP contribution in [0.2, 0.25) is 0 Å². The lowest BCUT2D eigenvalue weighted by Crippen LogP contribution is -2.31. The van der Waals surface area contributed by atoms with Crippen molar-refractivity contribution in [2.24, 2.45) is 5.92 Å². The van der Waals surface area contributed by atoms with Gasteiger partial charge in [-0.3, -0.25) is 9.59 Å². The Bertz CT molecular complexity index is 477. The van der Waals surface area contributed by atoms with Crippen LogP contribution >= 0.6 is 15.9 Å². The fourth-order valence-electron chi connectivity index (χ4n) is 1.42. The fourth-order valence-corrected chi connectivity index (χ4v) is 1.75. The first-order chi connectivity index (χ1) is 7.58. The third-order valence-corrected chi connectivity index (χ3v) is 3.49. The predicted octanol–water partition coefficient (Wildman–Crippen LogP) is 1.59. The third-order valence-electron chi connectivity index (χ3n) is 2.67. The molecule has 0 aliphatic heterocycles. The van der Waals surface area contributed by atoms with Crippen LogP contribution in [0.25, 0.3) is 0 Å². The van der Waals surface area contributed by atoms with Crippen LogP contribution in [0.1, 0.15) is 28.9 Å². The van der Waals surface area contributed by atoms with Gasteiger partial charge in [0.2, 0.25) is 0 Å². The lowest BCUT2D eigenvalue weighted by atomic mass is 10.2. The van der Waals surface area contributed by atoms with Gasteiger partial charge in [-0.25, -0.2) is 0 Å². The monoisotopic (exact) mass is 284 g/mol. The summed E-state index contributed by atoms with van der Waals surface area (Å²) < 4.78 is 0.740. The molecule has 0 atom stereocenters. The van der Waals surface area contributed by atoms with Crippen LogP contribution in [0.5, 0.6) is 0 Å². The number of hydrogen-bond donors (Lipinski definition) is 2. The zero-order valence-corrected chi connectivity index (χ0v) is 10.6. The van der Waals surface area contributed by atoms with Crippen LogP contribution in [0.4, 0.5) is 0 Å². The number of aromatic amines is 1. The maximum Gasteiger partial charge on any atom is 0.261 e. The minimum Gasteiger partial charge on any atom is -0.352 e. The summed E-state index contributed by atoms with van der Waals surface area (Å²) in [5.74, 6) is 0.311. The smallest absolute Gasteiger partial charge is 0.261 e. The molecule has 1 fully saturated rings. The molecule has 1 amide bonds. The van der Waals surface area contributed by atoms with Crippen molar-refractivity contribution in [1.29, 1.82) is 0 Å². The first-order valence-corrected chi connectivity index (χ1v) is 6.05. The maximum atomic E-state index is 11.7. The van der Waals surface area contributed by atoms with Gasteiger partial charge in [0.05, 0.1) is 0 Å². The molecule has 86 valence electrons. The number of amides is 1. The number of H-pyrrole nitrogens is 1. The zero-order valence-electron chi connectivity index (χ0n) is 8.97. The van der Waals surface area contributed by atoms with Crippen LogP contribution in [0.15, 0.2) is 15.3 Å². The van der Waals surface area contributed by atoms with Crippen LogP contribution in [-0.4, -0.2) is 17.4 Å². The second kappa shape index (κ2) is 4.41. The molecule has 1 aromatic heterocycles. The van der Waals surface area contributed by atoms with Crippen molar-refractivity contribution in [3.8, 4) is 0 Å². The summed E-state index contributed by atoms with van der Waals surface area (Å²) >= 11 is 3.29. The quantitative estimate of drug-likeness (QED) is 0.885. The van der Waals surface area contributed by atoms with Gasteiger partial charge in [0.15, 0.2) is 0 Å². The summed E-state index contributed by atoms with van der Waals surface area (Å²) in [4.78, 5) is 25.9. The van der Waals surface area contributed by atoms with Crippen molar-refractivity contribution >= 4 is 21.8 Å². The fraction of sp³-hybridized carbons (Fsp3) is 0.455. The summed E-state index contributed by atoms with van der Waals surface area (Å²) in [6, 6.07) is 1.57. The Kier molecular flexibility index (Phi) is 3.14. The molecule has 2 rings (SSSR count). The molecule has 5 heteroatoms. The number of pyridine rings is 1. The predicted molar refractivity (Wildman–Crippen MR) is 64.6 cm³/mol. The van der Waals surface area contributed by atoms with Crippen molar-refractivity contribution < 1.29 is 4.79 Å². The molecule has 1 aliphatic rings. The number of carbonyl (C=O) groups is 1. The second-order valence-corrected chi connectivity index (χ2v) is 4.99. The van der Waals surface area contributed by atoms with Gasteiger partial charge in [-0.2, -0.15) is 0 Å². The molecule has 0 spiro atoms. The summed E-state index contributed by atoms with van der Waals surface area (Å²) in [6.07, 6.45) is 2.35. The van der Waals surface area contributed by atoms with Gasteiger partial charge >= 0.3 is 0 Å². The number of aromatic nitrogens is 1. The summed E-state index contributed by atoms with van der Waals surface area (Å²) in [5.41, 5.74) is 0.552. The van der Waals surface area contributed by atoms with Crippen LogP contribution in [0.3, 0.4) is 0 Å². The highest BCUT2D eigenvalue weighted by Crippen LogP contribution is 2.27. The molecule has 1 saturated carbocycles. The second-order valence-electron chi connectivity index (χ2n) is 4.14. The number of rotatable bonds is 3. The Morgan fingerprint density at radius 2 is 2.31 bits per heavy atom. The van der Waals surface area contributed by atoms with Crippen molar-refractivity contribution in [3.05, 3.63) is 32.2 Å². The Balaban J connectivity index is 2.15. The molecular weight excluding hydrogens is 272 g/mol. The first kappa shape index (κ1) is 11.4. The largest absolute Gasteiger partial charge is 0.352 e. The summed E-state index contributed by atoms with van der Waals surface area (Å²) in [5, 5.41) is 2.77. The highest BCUT2D eigenvalue weighted by atomic mass is 79.9. The van der Waals surface area contributed by atoms with Gasteiger partial charge in [-0.1, -0.05) is 0 Å². The zero-order chi connectivity index (χ0) is 11.7. The van der Waals surface area contributed by atoms with Crippen molar-refractivity contribution in [2.45, 2.75) is 19.8 Å². The minimum atomic E-state index is -0.339. The Hall–Kier alpha value is -1.10. The summed E-state index contributed by atoms with van der Waals surface area (Å²) in [7, 11) is 0. The van der Waals surface area contributed by atoms with Gasteiger partial charge in [-0.15, -0.1) is 0 Å². The molecule has 1 aromatic rings. The van der Waals surface area contributed by atoms with E-state index in [9.17, 15) is 9.59 Å². The van der Waals surface area contributed by atoms with Crippen molar-refractivity contribution in [2.75, 3.05) is 6.54 Å². The van der Waals surface area contributed by atoms with E-state index in [2.05, 4.69) is 26.2 Å². The van der Waals surface area contributed by atoms with Gasteiger partial charge < -0.3 is 10.3 Å². The number of aryl methyl sites for hydroxylation is 1. The molecule has 0 radical (unpaired) electrons. The topological polar surface area (TPSA) is 62.0 Å². The molecule has 0 unspecified atom stereocenters. The summed E-state index contributed by atoms with van der Waals surface area (Å²) in [6.45, 7) is 2.45. The van der Waals surface area contributed by atoms with E-state index < -0.39 is 0 Å². The third kappa shape index (κ3) is 2.52. The SMILES string of the molecule is Cc1[nH]c(=O)c(C(=O)NCC2CC2)cc1Br. The number of carbonyl (C=O) groups excluding carboxylic acids is 1. The van der Waals surface area contributed by atoms with Gasteiger partial charge in [0, 0.05) is 16.7 Å². The molecule has 1 heterocycles. The number of nitrogens with one attached hydrogen (secondary N) is 2. The van der Waals surface area contributed by atoms with Crippen molar-refractivity contribution in [1.82, 2.24) is 10.3 Å².